The van der Waals surface area contributed by atoms with Gasteiger partial charge in [0, 0.05) is 31.2 Å². The van der Waals surface area contributed by atoms with Crippen molar-refractivity contribution < 1.29 is 0 Å². The molecular formula is C13H26N2. The summed E-state index contributed by atoms with van der Waals surface area (Å²) in [7, 11) is 0. The first kappa shape index (κ1) is 11.4. The second kappa shape index (κ2) is 5.31. The van der Waals surface area contributed by atoms with Gasteiger partial charge in [0.1, 0.15) is 0 Å². The van der Waals surface area contributed by atoms with Crippen molar-refractivity contribution in [1.29, 1.82) is 0 Å². The lowest BCUT2D eigenvalue weighted by molar-refractivity contribution is 0.112. The molecule has 0 spiro atoms. The fraction of sp³-hybridized carbons (Fsp3) is 1.00. The summed E-state index contributed by atoms with van der Waals surface area (Å²) in [4.78, 5) is 2.75. The normalized spacial score (nSPS) is 36.4. The van der Waals surface area contributed by atoms with Crippen molar-refractivity contribution in [3.63, 3.8) is 0 Å². The largest absolute Gasteiger partial charge is 0.309 e. The van der Waals surface area contributed by atoms with E-state index in [-0.39, 0.29) is 0 Å². The summed E-state index contributed by atoms with van der Waals surface area (Å²) in [6.45, 7) is 7.16. The Morgan fingerprint density at radius 3 is 1.93 bits per heavy atom. The van der Waals surface area contributed by atoms with Crippen molar-refractivity contribution in [3.8, 4) is 0 Å². The predicted octanol–water partition coefficient (Wildman–Crippen LogP) is 2.39. The third kappa shape index (κ3) is 3.18. The third-order valence-corrected chi connectivity index (χ3v) is 3.93. The second-order valence-corrected chi connectivity index (χ2v) is 5.57. The monoisotopic (exact) mass is 210 g/mol. The molecule has 1 heterocycles. The van der Waals surface area contributed by atoms with Crippen LogP contribution in [0.15, 0.2) is 0 Å². The van der Waals surface area contributed by atoms with Crippen molar-refractivity contribution in [2.75, 3.05) is 13.1 Å². The van der Waals surface area contributed by atoms with Crippen molar-refractivity contribution in [3.05, 3.63) is 0 Å². The first-order chi connectivity index (χ1) is 7.25. The maximum atomic E-state index is 3.62. The van der Waals surface area contributed by atoms with E-state index in [0.717, 1.165) is 6.04 Å². The molecule has 1 N–H and O–H groups in total. The Bertz CT molecular complexity index is 175. The Morgan fingerprint density at radius 1 is 0.867 bits per heavy atom. The molecule has 2 fully saturated rings. The standard InChI is InChI=1S/C13H26N2/c1-11-9-15(10-12(2)14-11)13-7-5-3-4-6-8-13/h11-14H,3-10H2,1-2H3. The van der Waals surface area contributed by atoms with Crippen LogP contribution in [0.25, 0.3) is 0 Å². The van der Waals surface area contributed by atoms with Crippen LogP contribution in [-0.4, -0.2) is 36.1 Å². The smallest absolute Gasteiger partial charge is 0.0169 e. The highest BCUT2D eigenvalue weighted by Crippen LogP contribution is 2.23. The Hall–Kier alpha value is -0.0800. The molecule has 0 aromatic rings. The lowest BCUT2D eigenvalue weighted by Gasteiger charge is -2.40. The molecule has 88 valence electrons. The summed E-state index contributed by atoms with van der Waals surface area (Å²) >= 11 is 0. The molecule has 2 nitrogen and oxygen atoms in total. The molecule has 1 saturated heterocycles. The summed E-state index contributed by atoms with van der Waals surface area (Å²) in [6, 6.07) is 2.24. The highest BCUT2D eigenvalue weighted by molar-refractivity contribution is 4.85. The van der Waals surface area contributed by atoms with Gasteiger partial charge in [-0.2, -0.15) is 0 Å². The highest BCUT2D eigenvalue weighted by Gasteiger charge is 2.26. The molecule has 2 atom stereocenters. The van der Waals surface area contributed by atoms with E-state index in [0.29, 0.717) is 12.1 Å². The molecule has 0 aromatic heterocycles. The van der Waals surface area contributed by atoms with Gasteiger partial charge in [-0.25, -0.2) is 0 Å². The van der Waals surface area contributed by atoms with Crippen molar-refractivity contribution in [2.24, 2.45) is 0 Å². The Kier molecular flexibility index (Phi) is 4.04. The molecule has 2 heteroatoms. The molecule has 0 radical (unpaired) electrons. The first-order valence-electron chi connectivity index (χ1n) is 6.76. The minimum atomic E-state index is 0.678. The zero-order chi connectivity index (χ0) is 10.7. The number of nitrogens with zero attached hydrogens (tertiary/aromatic N) is 1. The van der Waals surface area contributed by atoms with Gasteiger partial charge < -0.3 is 5.32 Å². The second-order valence-electron chi connectivity index (χ2n) is 5.57. The van der Waals surface area contributed by atoms with Gasteiger partial charge in [0.05, 0.1) is 0 Å². The van der Waals surface area contributed by atoms with Gasteiger partial charge in [-0.15, -0.1) is 0 Å². The zero-order valence-electron chi connectivity index (χ0n) is 10.3. The highest BCUT2D eigenvalue weighted by atomic mass is 15.2. The van der Waals surface area contributed by atoms with E-state index in [1.54, 1.807) is 0 Å². The lowest BCUT2D eigenvalue weighted by Crippen LogP contribution is -2.56. The molecule has 0 aromatic carbocycles. The predicted molar refractivity (Wildman–Crippen MR) is 65.1 cm³/mol. The maximum Gasteiger partial charge on any atom is 0.0169 e. The van der Waals surface area contributed by atoms with E-state index in [9.17, 15) is 0 Å². The molecule has 2 aliphatic rings. The SMILES string of the molecule is CC1CN(C2CCCCCC2)CC(C)N1. The lowest BCUT2D eigenvalue weighted by atomic mass is 10.0. The average Bonchev–Trinajstić information content (AvgIpc) is 2.43. The third-order valence-electron chi connectivity index (χ3n) is 3.93. The van der Waals surface area contributed by atoms with Crippen LogP contribution in [0.2, 0.25) is 0 Å². The van der Waals surface area contributed by atoms with E-state index < -0.39 is 0 Å². The molecule has 2 rings (SSSR count). The number of hydrogen-bond acceptors (Lipinski definition) is 2. The van der Waals surface area contributed by atoms with Crippen molar-refractivity contribution >= 4 is 0 Å². The molecule has 2 unspecified atom stereocenters. The van der Waals surface area contributed by atoms with E-state index in [1.807, 2.05) is 0 Å². The summed E-state index contributed by atoms with van der Waals surface area (Å²) in [5, 5.41) is 3.62. The molecule has 1 saturated carbocycles. The van der Waals surface area contributed by atoms with E-state index >= 15 is 0 Å². The van der Waals surface area contributed by atoms with Crippen LogP contribution in [-0.2, 0) is 0 Å². The molecule has 15 heavy (non-hydrogen) atoms. The summed E-state index contributed by atoms with van der Waals surface area (Å²) in [5.74, 6) is 0. The van der Waals surface area contributed by atoms with Crippen LogP contribution < -0.4 is 5.32 Å². The first-order valence-corrected chi connectivity index (χ1v) is 6.76. The minimum absolute atomic E-state index is 0.678. The van der Waals surface area contributed by atoms with Gasteiger partial charge in [-0.05, 0) is 26.7 Å². The molecule has 1 aliphatic heterocycles. The van der Waals surface area contributed by atoms with Gasteiger partial charge >= 0.3 is 0 Å². The van der Waals surface area contributed by atoms with Crippen LogP contribution in [0.5, 0.6) is 0 Å². The van der Waals surface area contributed by atoms with E-state index in [4.69, 9.17) is 0 Å². The molecule has 0 bridgehead atoms. The van der Waals surface area contributed by atoms with Gasteiger partial charge in [-0.1, -0.05) is 25.7 Å². The topological polar surface area (TPSA) is 15.3 Å². The quantitative estimate of drug-likeness (QED) is 0.669. The van der Waals surface area contributed by atoms with Crippen molar-refractivity contribution in [1.82, 2.24) is 10.2 Å². The fourth-order valence-corrected chi connectivity index (χ4v) is 3.29. The Balaban J connectivity index is 1.89. The maximum absolute atomic E-state index is 3.62. The van der Waals surface area contributed by atoms with Gasteiger partial charge in [0.15, 0.2) is 0 Å². The molecule has 0 amide bonds. The summed E-state index contributed by atoms with van der Waals surface area (Å²) in [5.41, 5.74) is 0. The molecule has 1 aliphatic carbocycles. The van der Waals surface area contributed by atoms with Crippen LogP contribution >= 0.6 is 0 Å². The van der Waals surface area contributed by atoms with Crippen LogP contribution in [0.4, 0.5) is 0 Å². The van der Waals surface area contributed by atoms with Crippen molar-refractivity contribution in [2.45, 2.75) is 70.5 Å². The van der Waals surface area contributed by atoms with E-state index in [1.165, 1.54) is 51.6 Å². The van der Waals surface area contributed by atoms with Gasteiger partial charge in [0.2, 0.25) is 0 Å². The summed E-state index contributed by atoms with van der Waals surface area (Å²) in [6.07, 6.45) is 8.73. The number of rotatable bonds is 1. The van der Waals surface area contributed by atoms with Gasteiger partial charge in [0.25, 0.3) is 0 Å². The van der Waals surface area contributed by atoms with Crippen LogP contribution in [0.1, 0.15) is 52.4 Å². The summed E-state index contributed by atoms with van der Waals surface area (Å²) < 4.78 is 0. The van der Waals surface area contributed by atoms with Crippen LogP contribution in [0, 0.1) is 0 Å². The number of piperazine rings is 1. The minimum Gasteiger partial charge on any atom is -0.309 e. The molecular weight excluding hydrogens is 184 g/mol. The van der Waals surface area contributed by atoms with Crippen LogP contribution in [0.3, 0.4) is 0 Å². The van der Waals surface area contributed by atoms with E-state index in [2.05, 4.69) is 24.1 Å². The Labute approximate surface area is 94.4 Å². The number of hydrogen-bond donors (Lipinski definition) is 1. The zero-order valence-corrected chi connectivity index (χ0v) is 10.3. The number of nitrogens with one attached hydrogen (secondary N) is 1. The fourth-order valence-electron chi connectivity index (χ4n) is 3.29. The van der Waals surface area contributed by atoms with Gasteiger partial charge in [-0.3, -0.25) is 4.90 Å². The Morgan fingerprint density at radius 2 is 1.40 bits per heavy atom. The average molecular weight is 210 g/mol.